The van der Waals surface area contributed by atoms with Gasteiger partial charge in [-0.1, -0.05) is 0 Å². The van der Waals surface area contributed by atoms with Crippen LogP contribution in [-0.4, -0.2) is 59.1 Å². The van der Waals surface area contributed by atoms with Crippen LogP contribution in [0.2, 0.25) is 0 Å². The molecule has 4 atom stereocenters. The average molecular weight is 495 g/mol. The number of hydrogen-bond donors (Lipinski definition) is 1. The number of nitrogens with one attached hydrogen (secondary N) is 1. The lowest BCUT2D eigenvalue weighted by molar-refractivity contribution is -0.384. The Labute approximate surface area is 196 Å². The van der Waals surface area contributed by atoms with Gasteiger partial charge in [0.25, 0.3) is 5.69 Å². The molecule has 3 aliphatic heterocycles. The minimum atomic E-state index is -4.80. The number of amides is 1. The highest BCUT2D eigenvalue weighted by atomic mass is 19.4. The number of allylic oxidation sites excluding steroid dienone is 2. The van der Waals surface area contributed by atoms with Gasteiger partial charge < -0.3 is 19.7 Å². The molecule has 3 heterocycles. The first-order chi connectivity index (χ1) is 16.5. The van der Waals surface area contributed by atoms with Crippen molar-refractivity contribution in [2.75, 3.05) is 18.5 Å². The van der Waals surface area contributed by atoms with E-state index >= 15 is 0 Å². The summed E-state index contributed by atoms with van der Waals surface area (Å²) in [4.78, 5) is 51.8. The Hall–Kier alpha value is -3.90. The number of carbonyl (C=O) groups excluding carboxylic acids is 3. The van der Waals surface area contributed by atoms with Crippen molar-refractivity contribution in [1.29, 1.82) is 0 Å². The van der Waals surface area contributed by atoms with Crippen molar-refractivity contribution in [3.63, 3.8) is 0 Å². The van der Waals surface area contributed by atoms with Crippen molar-refractivity contribution in [2.24, 2.45) is 5.92 Å². The Morgan fingerprint density at radius 3 is 2.46 bits per heavy atom. The van der Waals surface area contributed by atoms with Crippen LogP contribution in [0.15, 0.2) is 42.1 Å². The largest absolute Gasteiger partial charge is 0.466 e. The molecule has 1 aromatic rings. The number of fused-ring (bicyclic) bond motifs is 4. The van der Waals surface area contributed by atoms with Crippen molar-refractivity contribution < 1.29 is 42.0 Å². The van der Waals surface area contributed by atoms with Crippen LogP contribution in [0, 0.1) is 16.0 Å². The number of hydrogen-bond acceptors (Lipinski definition) is 8. The predicted octanol–water partition coefficient (Wildman–Crippen LogP) is 2.60. The minimum Gasteiger partial charge on any atom is -0.466 e. The van der Waals surface area contributed by atoms with Crippen LogP contribution in [0.5, 0.6) is 0 Å². The van der Waals surface area contributed by atoms with Crippen molar-refractivity contribution in [3.8, 4) is 0 Å². The summed E-state index contributed by atoms with van der Waals surface area (Å²) in [6.45, 7) is 2.75. The molecule has 1 unspecified atom stereocenters. The lowest BCUT2D eigenvalue weighted by atomic mass is 9.66. The van der Waals surface area contributed by atoms with Gasteiger partial charge in [-0.05, 0) is 32.1 Å². The second-order valence-corrected chi connectivity index (χ2v) is 8.06. The monoisotopic (exact) mass is 495 g/mol. The Bertz CT molecular complexity index is 1180. The number of alkyl halides is 3. The molecular formula is C22H20F3N3O7. The zero-order valence-corrected chi connectivity index (χ0v) is 18.5. The van der Waals surface area contributed by atoms with Gasteiger partial charge in [0.1, 0.15) is 17.4 Å². The zero-order valence-electron chi connectivity index (χ0n) is 18.5. The average Bonchev–Trinajstić information content (AvgIpc) is 3.26. The van der Waals surface area contributed by atoms with Crippen molar-refractivity contribution in [3.05, 3.63) is 57.8 Å². The zero-order chi connectivity index (χ0) is 25.7. The molecule has 0 bridgehead atoms. The summed E-state index contributed by atoms with van der Waals surface area (Å²) in [7, 11) is 0. The number of carbonyl (C=O) groups is 3. The molecule has 4 rings (SSSR count). The summed E-state index contributed by atoms with van der Waals surface area (Å²) in [5, 5.41) is 14.0. The standard InChI is InChI=1S/C22H20F3N3O7/c1-3-34-18(29)16-17(19(30)35-4-2)27-8-7-11(22(23,24)25)9-15(27)21(16)13-10-12(28(32)33)5-6-14(13)26-20(21)31/h5-10,15-17H,3-4H2,1-2H3,(H,26,31)/t15?,16-,17-,21-/m1/s1. The molecule has 0 saturated carbocycles. The Balaban J connectivity index is 2.05. The summed E-state index contributed by atoms with van der Waals surface area (Å²) in [5.74, 6) is -4.53. The maximum Gasteiger partial charge on any atom is 0.416 e. The quantitative estimate of drug-likeness (QED) is 0.375. The van der Waals surface area contributed by atoms with Crippen LogP contribution in [0.3, 0.4) is 0 Å². The number of esters is 2. The molecule has 1 spiro atoms. The van der Waals surface area contributed by atoms with Crippen LogP contribution in [0.4, 0.5) is 24.5 Å². The number of nitrogens with zero attached hydrogens (tertiary/aromatic N) is 2. The van der Waals surface area contributed by atoms with E-state index in [1.807, 2.05) is 0 Å². The summed E-state index contributed by atoms with van der Waals surface area (Å²) in [5.41, 5.74) is -3.69. The van der Waals surface area contributed by atoms with E-state index in [0.717, 1.165) is 35.4 Å². The third kappa shape index (κ3) is 3.53. The van der Waals surface area contributed by atoms with Gasteiger partial charge in [0.2, 0.25) is 5.91 Å². The summed E-state index contributed by atoms with van der Waals surface area (Å²) < 4.78 is 51.3. The van der Waals surface area contributed by atoms with E-state index in [2.05, 4.69) is 5.32 Å². The smallest absolute Gasteiger partial charge is 0.416 e. The molecular weight excluding hydrogens is 475 g/mol. The number of non-ortho nitro benzene ring substituents is 1. The van der Waals surface area contributed by atoms with Gasteiger partial charge >= 0.3 is 18.1 Å². The molecule has 1 amide bonds. The van der Waals surface area contributed by atoms with Crippen LogP contribution in [0.1, 0.15) is 19.4 Å². The molecule has 0 aromatic heterocycles. The summed E-state index contributed by atoms with van der Waals surface area (Å²) in [6.07, 6.45) is -2.34. The molecule has 0 aliphatic carbocycles. The fraction of sp³-hybridized carbons (Fsp3) is 0.409. The van der Waals surface area contributed by atoms with E-state index < -0.39 is 63.6 Å². The number of anilines is 1. The van der Waals surface area contributed by atoms with Crippen LogP contribution >= 0.6 is 0 Å². The number of nitro benzene ring substituents is 1. The normalized spacial score (nSPS) is 26.7. The van der Waals surface area contributed by atoms with E-state index in [-0.39, 0.29) is 24.5 Å². The van der Waals surface area contributed by atoms with Gasteiger partial charge in [-0.3, -0.25) is 19.7 Å². The number of nitro groups is 1. The summed E-state index contributed by atoms with van der Waals surface area (Å²) in [6, 6.07) is 0.348. The van der Waals surface area contributed by atoms with Gasteiger partial charge in [0.05, 0.1) is 29.8 Å². The first-order valence-electron chi connectivity index (χ1n) is 10.7. The summed E-state index contributed by atoms with van der Waals surface area (Å²) >= 11 is 0. The van der Waals surface area contributed by atoms with E-state index in [1.165, 1.54) is 19.9 Å². The third-order valence-corrected chi connectivity index (χ3v) is 6.36. The first-order valence-corrected chi connectivity index (χ1v) is 10.7. The number of benzene rings is 1. The van der Waals surface area contributed by atoms with Crippen molar-refractivity contribution in [1.82, 2.24) is 4.90 Å². The highest BCUT2D eigenvalue weighted by Crippen LogP contribution is 2.57. The van der Waals surface area contributed by atoms with Gasteiger partial charge in [-0.2, -0.15) is 13.2 Å². The fourth-order valence-corrected chi connectivity index (χ4v) is 5.08. The molecule has 3 aliphatic rings. The predicted molar refractivity (Wildman–Crippen MR) is 113 cm³/mol. The fourth-order valence-electron chi connectivity index (χ4n) is 5.08. The lowest BCUT2D eigenvalue weighted by Crippen LogP contribution is -2.52. The molecule has 1 saturated heterocycles. The second kappa shape index (κ2) is 8.40. The topological polar surface area (TPSA) is 128 Å². The third-order valence-electron chi connectivity index (χ3n) is 6.36. The molecule has 35 heavy (non-hydrogen) atoms. The van der Waals surface area contributed by atoms with Crippen molar-refractivity contribution >= 4 is 29.2 Å². The maximum absolute atomic E-state index is 13.7. The SMILES string of the molecule is CCOC(=O)[C@H]1[C@H](C(=O)OCC)[C@]2(C(=O)Nc3ccc([N+](=O)[O-])cc32)C2C=C(C(F)(F)F)C=CN21. The second-order valence-electron chi connectivity index (χ2n) is 8.06. The van der Waals surface area contributed by atoms with Gasteiger partial charge in [-0.15, -0.1) is 0 Å². The molecule has 1 N–H and O–H groups in total. The molecule has 1 aromatic carbocycles. The lowest BCUT2D eigenvalue weighted by Gasteiger charge is -2.35. The highest BCUT2D eigenvalue weighted by molar-refractivity contribution is 6.11. The Morgan fingerprint density at radius 2 is 1.86 bits per heavy atom. The van der Waals surface area contributed by atoms with Gasteiger partial charge in [-0.25, -0.2) is 4.79 Å². The van der Waals surface area contributed by atoms with E-state index in [9.17, 15) is 37.7 Å². The number of ether oxygens (including phenoxy) is 2. The van der Waals surface area contributed by atoms with Crippen LogP contribution < -0.4 is 5.32 Å². The van der Waals surface area contributed by atoms with Crippen LogP contribution in [0.25, 0.3) is 0 Å². The number of halogens is 3. The van der Waals surface area contributed by atoms with Gasteiger partial charge in [0, 0.05) is 29.6 Å². The molecule has 0 radical (unpaired) electrons. The maximum atomic E-state index is 13.7. The number of rotatable bonds is 5. The molecule has 13 heteroatoms. The molecule has 186 valence electrons. The van der Waals surface area contributed by atoms with Crippen LogP contribution in [-0.2, 0) is 29.3 Å². The minimum absolute atomic E-state index is 0.0790. The molecule has 10 nitrogen and oxygen atoms in total. The van der Waals surface area contributed by atoms with E-state index in [0.29, 0.717) is 0 Å². The Morgan fingerprint density at radius 1 is 1.20 bits per heavy atom. The first kappa shape index (κ1) is 24.2. The highest BCUT2D eigenvalue weighted by Gasteiger charge is 2.71. The van der Waals surface area contributed by atoms with E-state index in [1.54, 1.807) is 0 Å². The van der Waals surface area contributed by atoms with Gasteiger partial charge in [0.15, 0.2) is 0 Å². The Kier molecular flexibility index (Phi) is 5.81. The van der Waals surface area contributed by atoms with Crippen molar-refractivity contribution in [2.45, 2.75) is 37.5 Å². The van der Waals surface area contributed by atoms with E-state index in [4.69, 9.17) is 9.47 Å². The molecule has 1 fully saturated rings.